The van der Waals surface area contributed by atoms with Crippen LogP contribution in [0.2, 0.25) is 18.1 Å². The van der Waals surface area contributed by atoms with Crippen LogP contribution in [0.15, 0.2) is 0 Å². The molecule has 1 saturated carbocycles. The first kappa shape index (κ1) is 15.1. The molecule has 0 nitrogen and oxygen atoms in total. The maximum atomic E-state index is 3.66. The average molecular weight is 331 g/mol. The Labute approximate surface area is 124 Å². The average Bonchev–Trinajstić information content (AvgIpc) is 2.46. The maximum absolute atomic E-state index is 3.66. The molecule has 2 aliphatic rings. The fraction of sp³-hybridized carbons (Fsp3) is 1.00. The largest absolute Gasteiger partial charge is 0.0925 e. The van der Waals surface area contributed by atoms with Gasteiger partial charge in [0.2, 0.25) is 0 Å². The molecule has 2 fully saturated rings. The van der Waals surface area contributed by atoms with Gasteiger partial charge in [-0.1, -0.05) is 66.7 Å². The second-order valence-corrected chi connectivity index (χ2v) is 11.0. The minimum atomic E-state index is -0.263. The summed E-state index contributed by atoms with van der Waals surface area (Å²) in [5.74, 6) is 3.24. The number of alkyl halides is 1. The topological polar surface area (TPSA) is 0 Å². The highest BCUT2D eigenvalue weighted by atomic mass is 79.9. The molecule has 106 valence electrons. The van der Waals surface area contributed by atoms with E-state index in [4.69, 9.17) is 0 Å². The molecule has 0 aromatic rings. The van der Waals surface area contributed by atoms with Crippen molar-refractivity contribution >= 4 is 24.7 Å². The lowest BCUT2D eigenvalue weighted by Gasteiger charge is -2.37. The number of hydrogen-bond donors (Lipinski definition) is 0. The van der Waals surface area contributed by atoms with E-state index in [0.717, 1.165) is 17.8 Å². The van der Waals surface area contributed by atoms with Gasteiger partial charge in [-0.15, -0.1) is 0 Å². The molecule has 0 radical (unpaired) electrons. The molecule has 0 aromatic carbocycles. The zero-order chi connectivity index (χ0) is 12.8. The Morgan fingerprint density at radius 3 is 2.11 bits per heavy atom. The van der Waals surface area contributed by atoms with Crippen LogP contribution in [0, 0.1) is 17.8 Å². The smallest absolute Gasteiger partial charge is 0.0368 e. The van der Waals surface area contributed by atoms with Crippen molar-refractivity contribution in [3.05, 3.63) is 0 Å². The van der Waals surface area contributed by atoms with E-state index in [0.29, 0.717) is 0 Å². The fourth-order valence-corrected chi connectivity index (χ4v) is 8.55. The maximum Gasteiger partial charge on any atom is 0.0368 e. The Balaban J connectivity index is 1.67. The van der Waals surface area contributed by atoms with Crippen LogP contribution in [-0.2, 0) is 0 Å². The molecule has 2 heteroatoms. The van der Waals surface area contributed by atoms with Crippen molar-refractivity contribution in [3.63, 3.8) is 0 Å². The van der Waals surface area contributed by atoms with Crippen LogP contribution in [0.4, 0.5) is 0 Å². The molecule has 2 rings (SSSR count). The Kier molecular flexibility index (Phi) is 6.78. The highest BCUT2D eigenvalue weighted by Crippen LogP contribution is 2.41. The molecule has 1 heterocycles. The Hall–Kier alpha value is 0.697. The summed E-state index contributed by atoms with van der Waals surface area (Å²) >= 11 is 3.66. The standard InChI is InChI=1S/C16H31BrSi/c1-2-3-10-18-11-8-16(9-12-18)15-6-4-14(13-17)5-7-15/h14-16,18H,2-13H2,1H3. The first-order valence-electron chi connectivity index (χ1n) is 8.39. The lowest BCUT2D eigenvalue weighted by molar-refractivity contribution is 0.201. The van der Waals surface area contributed by atoms with E-state index in [1.807, 2.05) is 0 Å². The third kappa shape index (κ3) is 4.37. The summed E-state index contributed by atoms with van der Waals surface area (Å²) in [7, 11) is -0.263. The van der Waals surface area contributed by atoms with Crippen LogP contribution < -0.4 is 0 Å². The van der Waals surface area contributed by atoms with Gasteiger partial charge >= 0.3 is 0 Å². The summed E-state index contributed by atoms with van der Waals surface area (Å²) in [4.78, 5) is 0. The minimum absolute atomic E-state index is 0.263. The van der Waals surface area contributed by atoms with Gasteiger partial charge in [-0.25, -0.2) is 0 Å². The van der Waals surface area contributed by atoms with Crippen LogP contribution in [0.5, 0.6) is 0 Å². The Morgan fingerprint density at radius 2 is 1.56 bits per heavy atom. The van der Waals surface area contributed by atoms with Gasteiger partial charge in [-0.2, -0.15) is 0 Å². The third-order valence-corrected chi connectivity index (χ3v) is 10.1. The molecule has 0 aromatic heterocycles. The molecule has 1 saturated heterocycles. The molecule has 0 unspecified atom stereocenters. The predicted molar refractivity (Wildman–Crippen MR) is 88.4 cm³/mol. The van der Waals surface area contributed by atoms with E-state index < -0.39 is 0 Å². The van der Waals surface area contributed by atoms with Crippen molar-refractivity contribution in [3.8, 4) is 0 Å². The number of unbranched alkanes of at least 4 members (excludes halogenated alkanes) is 1. The Bertz CT molecular complexity index is 215. The molecule has 18 heavy (non-hydrogen) atoms. The molecule has 0 bridgehead atoms. The van der Waals surface area contributed by atoms with Crippen molar-refractivity contribution in [2.45, 2.75) is 76.4 Å². The van der Waals surface area contributed by atoms with Crippen molar-refractivity contribution < 1.29 is 0 Å². The summed E-state index contributed by atoms with van der Waals surface area (Å²) < 4.78 is 0. The monoisotopic (exact) mass is 330 g/mol. The van der Waals surface area contributed by atoms with Gasteiger partial charge in [0.05, 0.1) is 0 Å². The molecule has 0 amide bonds. The summed E-state index contributed by atoms with van der Waals surface area (Å²) in [6, 6.07) is 5.02. The fourth-order valence-electron chi connectivity index (χ4n) is 4.26. The number of hydrogen-bond acceptors (Lipinski definition) is 0. The second-order valence-electron chi connectivity index (χ2n) is 6.86. The van der Waals surface area contributed by atoms with E-state index >= 15 is 0 Å². The lowest BCUT2D eigenvalue weighted by atomic mass is 9.74. The van der Waals surface area contributed by atoms with Gasteiger partial charge < -0.3 is 0 Å². The van der Waals surface area contributed by atoms with Gasteiger partial charge in [-0.05, 0) is 43.4 Å². The molecule has 0 N–H and O–H groups in total. The van der Waals surface area contributed by atoms with Gasteiger partial charge in [0.15, 0.2) is 0 Å². The van der Waals surface area contributed by atoms with Gasteiger partial charge in [-0.3, -0.25) is 0 Å². The van der Waals surface area contributed by atoms with E-state index in [1.165, 1.54) is 31.0 Å². The van der Waals surface area contributed by atoms with Crippen molar-refractivity contribution in [2.24, 2.45) is 17.8 Å². The lowest BCUT2D eigenvalue weighted by Crippen LogP contribution is -2.28. The van der Waals surface area contributed by atoms with E-state index in [-0.39, 0.29) is 8.80 Å². The molecular formula is C16H31BrSi. The molecular weight excluding hydrogens is 300 g/mol. The van der Waals surface area contributed by atoms with Crippen LogP contribution in [0.1, 0.15) is 58.3 Å². The number of halogens is 1. The number of rotatable bonds is 5. The van der Waals surface area contributed by atoms with E-state index in [1.54, 1.807) is 43.8 Å². The van der Waals surface area contributed by atoms with Crippen LogP contribution in [0.25, 0.3) is 0 Å². The highest BCUT2D eigenvalue weighted by Gasteiger charge is 2.30. The zero-order valence-electron chi connectivity index (χ0n) is 12.2. The van der Waals surface area contributed by atoms with Crippen molar-refractivity contribution in [1.82, 2.24) is 0 Å². The normalized spacial score (nSPS) is 37.7. The zero-order valence-corrected chi connectivity index (χ0v) is 14.9. The van der Waals surface area contributed by atoms with Crippen LogP contribution in [-0.4, -0.2) is 14.1 Å². The summed E-state index contributed by atoms with van der Waals surface area (Å²) in [5, 5.41) is 1.25. The second kappa shape index (κ2) is 8.09. The van der Waals surface area contributed by atoms with Gasteiger partial charge in [0.1, 0.15) is 0 Å². The Morgan fingerprint density at radius 1 is 0.944 bits per heavy atom. The summed E-state index contributed by atoms with van der Waals surface area (Å²) in [6.45, 7) is 2.35. The highest BCUT2D eigenvalue weighted by molar-refractivity contribution is 9.09. The minimum Gasteiger partial charge on any atom is -0.0925 e. The first-order valence-corrected chi connectivity index (χ1v) is 12.0. The van der Waals surface area contributed by atoms with Crippen molar-refractivity contribution in [1.29, 1.82) is 0 Å². The van der Waals surface area contributed by atoms with E-state index in [9.17, 15) is 0 Å². The molecule has 0 spiro atoms. The SMILES string of the molecule is CCCC[SiH]1CCC(C2CCC(CBr)CC2)CC1. The summed E-state index contributed by atoms with van der Waals surface area (Å²) in [5.41, 5.74) is 0. The van der Waals surface area contributed by atoms with Gasteiger partial charge in [0, 0.05) is 14.1 Å². The predicted octanol–water partition coefficient (Wildman–Crippen LogP) is 5.62. The molecule has 1 aliphatic carbocycles. The first-order chi connectivity index (χ1) is 8.83. The van der Waals surface area contributed by atoms with Crippen molar-refractivity contribution in [2.75, 3.05) is 5.33 Å². The van der Waals surface area contributed by atoms with Gasteiger partial charge in [0.25, 0.3) is 0 Å². The molecule has 0 atom stereocenters. The third-order valence-electron chi connectivity index (χ3n) is 5.63. The van der Waals surface area contributed by atoms with E-state index in [2.05, 4.69) is 22.9 Å². The molecule has 1 aliphatic heterocycles. The quantitative estimate of drug-likeness (QED) is 0.453. The summed E-state index contributed by atoms with van der Waals surface area (Å²) in [6.07, 6.45) is 12.3. The van der Waals surface area contributed by atoms with Crippen LogP contribution in [0.3, 0.4) is 0 Å². The van der Waals surface area contributed by atoms with Crippen LogP contribution >= 0.6 is 15.9 Å².